The zero-order chi connectivity index (χ0) is 17.5. The zero-order valence-corrected chi connectivity index (χ0v) is 14.4. The number of ether oxygens (including phenoxy) is 3. The molecule has 1 heterocycles. The molecule has 1 aromatic heterocycles. The number of aromatic nitrogens is 1. The maximum atomic E-state index is 12.1. The van der Waals surface area contributed by atoms with Gasteiger partial charge in [-0.05, 0) is 25.5 Å². The van der Waals surface area contributed by atoms with Gasteiger partial charge in [0.1, 0.15) is 17.2 Å². The fraction of sp³-hybridized carbons (Fsp3) is 0.333. The molecule has 0 radical (unpaired) electrons. The molecule has 0 saturated carbocycles. The Balaban J connectivity index is 2.06. The maximum absolute atomic E-state index is 12.1. The van der Waals surface area contributed by atoms with Crippen LogP contribution in [0.1, 0.15) is 21.6 Å². The molecule has 0 aliphatic carbocycles. The van der Waals surface area contributed by atoms with Gasteiger partial charge in [-0.25, -0.2) is 0 Å². The molecule has 2 aromatic rings. The Bertz CT molecular complexity index is 674. The van der Waals surface area contributed by atoms with Crippen molar-refractivity contribution >= 4 is 5.91 Å². The van der Waals surface area contributed by atoms with Gasteiger partial charge < -0.3 is 19.5 Å². The molecule has 0 bridgehead atoms. The van der Waals surface area contributed by atoms with Gasteiger partial charge in [-0.2, -0.15) is 0 Å². The molecule has 0 aliphatic rings. The number of nitrogens with zero attached hydrogens (tertiary/aromatic N) is 1. The minimum absolute atomic E-state index is 0.158. The molecule has 0 saturated heterocycles. The number of rotatable bonds is 7. The van der Waals surface area contributed by atoms with E-state index in [2.05, 4.69) is 10.3 Å². The average molecular weight is 330 g/mol. The topological polar surface area (TPSA) is 69.7 Å². The number of hydrogen-bond donors (Lipinski definition) is 1. The largest absolute Gasteiger partial charge is 0.496 e. The molecule has 0 spiro atoms. The summed E-state index contributed by atoms with van der Waals surface area (Å²) in [7, 11) is 4.77. The first-order chi connectivity index (χ1) is 11.6. The molecule has 6 heteroatoms. The third-order valence-corrected chi connectivity index (χ3v) is 3.65. The van der Waals surface area contributed by atoms with Gasteiger partial charge in [-0.3, -0.25) is 9.78 Å². The number of carbonyl (C=O) groups excluding carboxylic acids is 1. The van der Waals surface area contributed by atoms with Crippen LogP contribution in [0.15, 0.2) is 30.5 Å². The summed E-state index contributed by atoms with van der Waals surface area (Å²) >= 11 is 0. The van der Waals surface area contributed by atoms with Crippen LogP contribution in [0.25, 0.3) is 0 Å². The van der Waals surface area contributed by atoms with Crippen LogP contribution in [-0.2, 0) is 6.42 Å². The molecule has 24 heavy (non-hydrogen) atoms. The molecule has 0 aliphatic heterocycles. The summed E-state index contributed by atoms with van der Waals surface area (Å²) in [5, 5.41) is 2.88. The predicted molar refractivity (Wildman–Crippen MR) is 91.1 cm³/mol. The van der Waals surface area contributed by atoms with E-state index in [9.17, 15) is 4.79 Å². The number of carbonyl (C=O) groups is 1. The van der Waals surface area contributed by atoms with E-state index < -0.39 is 0 Å². The van der Waals surface area contributed by atoms with E-state index in [1.807, 2.05) is 13.0 Å². The SMILES string of the molecule is COc1cc(OC)c(CCNC(=O)c2ccc(C)nc2)c(OC)c1. The number of aryl methyl sites for hydroxylation is 1. The summed E-state index contributed by atoms with van der Waals surface area (Å²) in [4.78, 5) is 16.2. The normalized spacial score (nSPS) is 10.2. The highest BCUT2D eigenvalue weighted by atomic mass is 16.5. The Morgan fingerprint density at radius 1 is 1.08 bits per heavy atom. The molecular weight excluding hydrogens is 308 g/mol. The maximum Gasteiger partial charge on any atom is 0.252 e. The smallest absolute Gasteiger partial charge is 0.252 e. The second-order valence-electron chi connectivity index (χ2n) is 5.20. The summed E-state index contributed by atoms with van der Waals surface area (Å²) in [6, 6.07) is 7.16. The van der Waals surface area contributed by atoms with E-state index in [-0.39, 0.29) is 5.91 Å². The Morgan fingerprint density at radius 2 is 1.75 bits per heavy atom. The van der Waals surface area contributed by atoms with Crippen molar-refractivity contribution in [1.29, 1.82) is 0 Å². The van der Waals surface area contributed by atoms with Crippen molar-refractivity contribution in [2.45, 2.75) is 13.3 Å². The molecule has 0 atom stereocenters. The Labute approximate surface area is 141 Å². The van der Waals surface area contributed by atoms with Gasteiger partial charge in [0.15, 0.2) is 0 Å². The lowest BCUT2D eigenvalue weighted by Crippen LogP contribution is -2.26. The van der Waals surface area contributed by atoms with Crippen LogP contribution in [0.4, 0.5) is 0 Å². The van der Waals surface area contributed by atoms with E-state index in [0.29, 0.717) is 35.8 Å². The highest BCUT2D eigenvalue weighted by molar-refractivity contribution is 5.93. The van der Waals surface area contributed by atoms with Crippen molar-refractivity contribution in [3.05, 3.63) is 47.3 Å². The lowest BCUT2D eigenvalue weighted by atomic mass is 10.1. The number of pyridine rings is 1. The minimum Gasteiger partial charge on any atom is -0.496 e. The Hall–Kier alpha value is -2.76. The van der Waals surface area contributed by atoms with Crippen molar-refractivity contribution in [2.24, 2.45) is 0 Å². The summed E-state index contributed by atoms with van der Waals surface area (Å²) < 4.78 is 16.0. The predicted octanol–water partition coefficient (Wildman–Crippen LogP) is 2.39. The highest BCUT2D eigenvalue weighted by Crippen LogP contribution is 2.34. The molecule has 1 N–H and O–H groups in total. The average Bonchev–Trinajstić information content (AvgIpc) is 2.61. The fourth-order valence-corrected chi connectivity index (χ4v) is 2.33. The summed E-state index contributed by atoms with van der Waals surface area (Å²) in [6.45, 7) is 2.33. The van der Waals surface area contributed by atoms with E-state index >= 15 is 0 Å². The Morgan fingerprint density at radius 3 is 2.25 bits per heavy atom. The van der Waals surface area contributed by atoms with Gasteiger partial charge in [-0.1, -0.05) is 0 Å². The van der Waals surface area contributed by atoms with Gasteiger partial charge in [0.2, 0.25) is 0 Å². The Kier molecular flexibility index (Phi) is 6.01. The van der Waals surface area contributed by atoms with Gasteiger partial charge in [0.25, 0.3) is 5.91 Å². The zero-order valence-electron chi connectivity index (χ0n) is 14.4. The van der Waals surface area contributed by atoms with Crippen LogP contribution in [0.5, 0.6) is 17.2 Å². The molecule has 1 amide bonds. The van der Waals surface area contributed by atoms with E-state index in [0.717, 1.165) is 11.3 Å². The number of hydrogen-bond acceptors (Lipinski definition) is 5. The summed E-state index contributed by atoms with van der Waals surface area (Å²) in [5.41, 5.74) is 2.29. The van der Waals surface area contributed by atoms with Crippen LogP contribution in [0.2, 0.25) is 0 Å². The van der Waals surface area contributed by atoms with Gasteiger partial charge in [0, 0.05) is 36.1 Å². The van der Waals surface area contributed by atoms with Crippen molar-refractivity contribution in [3.63, 3.8) is 0 Å². The van der Waals surface area contributed by atoms with Crippen molar-refractivity contribution in [3.8, 4) is 17.2 Å². The van der Waals surface area contributed by atoms with E-state index in [1.165, 1.54) is 0 Å². The molecule has 0 fully saturated rings. The van der Waals surface area contributed by atoms with Crippen LogP contribution in [0, 0.1) is 6.92 Å². The summed E-state index contributed by atoms with van der Waals surface area (Å²) in [5.74, 6) is 1.83. The third kappa shape index (κ3) is 4.16. The van der Waals surface area contributed by atoms with Gasteiger partial charge in [-0.15, -0.1) is 0 Å². The number of amides is 1. The number of methoxy groups -OCH3 is 3. The number of nitrogens with one attached hydrogen (secondary N) is 1. The second-order valence-corrected chi connectivity index (χ2v) is 5.20. The lowest BCUT2D eigenvalue weighted by Gasteiger charge is -2.15. The van der Waals surface area contributed by atoms with Crippen LogP contribution < -0.4 is 19.5 Å². The monoisotopic (exact) mass is 330 g/mol. The van der Waals surface area contributed by atoms with Crippen molar-refractivity contribution in [2.75, 3.05) is 27.9 Å². The molecule has 0 unspecified atom stereocenters. The lowest BCUT2D eigenvalue weighted by molar-refractivity contribution is 0.0953. The van der Waals surface area contributed by atoms with E-state index in [1.54, 1.807) is 45.7 Å². The van der Waals surface area contributed by atoms with Gasteiger partial charge in [0.05, 0.1) is 26.9 Å². The number of benzene rings is 1. The van der Waals surface area contributed by atoms with Crippen LogP contribution in [0.3, 0.4) is 0 Å². The first kappa shape index (κ1) is 17.6. The molecule has 2 rings (SSSR count). The molecular formula is C18H22N2O4. The standard InChI is InChI=1S/C18H22N2O4/c1-12-5-6-13(11-20-12)18(21)19-8-7-15-16(23-3)9-14(22-2)10-17(15)24-4/h5-6,9-11H,7-8H2,1-4H3,(H,19,21). The summed E-state index contributed by atoms with van der Waals surface area (Å²) in [6.07, 6.45) is 2.14. The van der Waals surface area contributed by atoms with Crippen LogP contribution in [-0.4, -0.2) is 38.8 Å². The first-order valence-electron chi connectivity index (χ1n) is 7.58. The highest BCUT2D eigenvalue weighted by Gasteiger charge is 2.14. The van der Waals surface area contributed by atoms with Crippen molar-refractivity contribution in [1.82, 2.24) is 10.3 Å². The molecule has 128 valence electrons. The van der Waals surface area contributed by atoms with Crippen molar-refractivity contribution < 1.29 is 19.0 Å². The van der Waals surface area contributed by atoms with Crippen LogP contribution >= 0.6 is 0 Å². The van der Waals surface area contributed by atoms with Gasteiger partial charge >= 0.3 is 0 Å². The minimum atomic E-state index is -0.158. The second kappa shape index (κ2) is 8.19. The first-order valence-corrected chi connectivity index (χ1v) is 7.58. The van der Waals surface area contributed by atoms with E-state index in [4.69, 9.17) is 14.2 Å². The molecule has 6 nitrogen and oxygen atoms in total. The molecule has 1 aromatic carbocycles. The third-order valence-electron chi connectivity index (χ3n) is 3.65. The quantitative estimate of drug-likeness (QED) is 0.844. The fourth-order valence-electron chi connectivity index (χ4n) is 2.33.